The standard InChI is InChI=1S/C15H34ClN2O.C7H8O3S/c1-6-7-8-9-13-19-14-12-18(4,5)11-10-15(2,3)17-16;1-6-2-4-7(5-3-6)11(8,9)10/h17H,6-14H2,1-5H3;2-5H,1H3,(H,8,9,10)/q+1;/p-1. The van der Waals surface area contributed by atoms with Crippen LogP contribution in [-0.4, -0.2) is 63.4 Å². The summed E-state index contributed by atoms with van der Waals surface area (Å²) in [4.78, 5) is 2.66. The van der Waals surface area contributed by atoms with Crippen molar-refractivity contribution in [2.24, 2.45) is 0 Å². The third kappa shape index (κ3) is 15.2. The lowest BCUT2D eigenvalue weighted by Crippen LogP contribution is -2.47. The van der Waals surface area contributed by atoms with Gasteiger partial charge in [-0.05, 0) is 51.1 Å². The minimum atomic E-state index is -4.27. The van der Waals surface area contributed by atoms with E-state index in [1.165, 1.54) is 37.8 Å². The van der Waals surface area contributed by atoms with Gasteiger partial charge < -0.3 is 13.8 Å². The van der Waals surface area contributed by atoms with Crippen LogP contribution in [0.1, 0.15) is 58.4 Å². The van der Waals surface area contributed by atoms with E-state index in [4.69, 9.17) is 16.5 Å². The molecular weight excluding hydrogens is 424 g/mol. The lowest BCUT2D eigenvalue weighted by Gasteiger charge is -2.33. The first-order valence-corrected chi connectivity index (χ1v) is 12.4. The molecule has 0 amide bonds. The van der Waals surface area contributed by atoms with Gasteiger partial charge in [-0.1, -0.05) is 43.9 Å². The van der Waals surface area contributed by atoms with Crippen LogP contribution in [0.5, 0.6) is 0 Å². The number of ether oxygens (including phenoxy) is 1. The molecule has 8 heteroatoms. The summed E-state index contributed by atoms with van der Waals surface area (Å²) >= 11 is 5.73. The highest BCUT2D eigenvalue weighted by atomic mass is 35.5. The number of benzene rings is 1. The Morgan fingerprint density at radius 3 is 2.17 bits per heavy atom. The molecule has 0 fully saturated rings. The van der Waals surface area contributed by atoms with E-state index < -0.39 is 10.1 Å². The van der Waals surface area contributed by atoms with Crippen LogP contribution < -0.4 is 4.84 Å². The van der Waals surface area contributed by atoms with Gasteiger partial charge in [0.25, 0.3) is 0 Å². The zero-order chi connectivity index (χ0) is 23.3. The van der Waals surface area contributed by atoms with Crippen LogP contribution in [0.4, 0.5) is 0 Å². The number of quaternary nitrogens is 1. The highest BCUT2D eigenvalue weighted by molar-refractivity contribution is 7.85. The number of unbranched alkanes of at least 4 members (excludes halogenated alkanes) is 3. The summed E-state index contributed by atoms with van der Waals surface area (Å²) in [5.74, 6) is 0. The predicted octanol–water partition coefficient (Wildman–Crippen LogP) is 4.47. The molecular formula is C22H41ClN2O4S. The van der Waals surface area contributed by atoms with E-state index in [1.54, 1.807) is 12.1 Å². The Morgan fingerprint density at radius 2 is 1.67 bits per heavy atom. The van der Waals surface area contributed by atoms with E-state index in [2.05, 4.69) is 39.7 Å². The van der Waals surface area contributed by atoms with Gasteiger partial charge in [-0.2, -0.15) is 0 Å². The number of halogens is 1. The molecule has 0 heterocycles. The van der Waals surface area contributed by atoms with Gasteiger partial charge in [0.05, 0.1) is 32.1 Å². The fourth-order valence-corrected chi connectivity index (χ4v) is 3.05. The van der Waals surface area contributed by atoms with Gasteiger partial charge in [0.1, 0.15) is 16.7 Å². The van der Waals surface area contributed by atoms with Crippen LogP contribution in [-0.2, 0) is 14.9 Å². The van der Waals surface area contributed by atoms with Gasteiger partial charge in [0, 0.05) is 18.6 Å². The van der Waals surface area contributed by atoms with E-state index in [0.717, 1.165) is 42.8 Å². The molecule has 30 heavy (non-hydrogen) atoms. The monoisotopic (exact) mass is 464 g/mol. The topological polar surface area (TPSA) is 78.5 Å². The van der Waals surface area contributed by atoms with Crippen molar-refractivity contribution in [3.05, 3.63) is 29.8 Å². The van der Waals surface area contributed by atoms with E-state index in [-0.39, 0.29) is 10.4 Å². The van der Waals surface area contributed by atoms with Gasteiger partial charge in [-0.25, -0.2) is 13.3 Å². The summed E-state index contributed by atoms with van der Waals surface area (Å²) in [5, 5.41) is 0. The van der Waals surface area contributed by atoms with Crippen LogP contribution >= 0.6 is 11.8 Å². The Kier molecular flexibility index (Phi) is 14.0. The van der Waals surface area contributed by atoms with Crippen LogP contribution in [0.25, 0.3) is 0 Å². The third-order valence-electron chi connectivity index (χ3n) is 4.89. The van der Waals surface area contributed by atoms with E-state index in [1.807, 2.05) is 6.92 Å². The fourth-order valence-electron chi connectivity index (χ4n) is 2.49. The largest absolute Gasteiger partial charge is 0.744 e. The van der Waals surface area contributed by atoms with Crippen LogP contribution in [0.3, 0.4) is 0 Å². The molecule has 0 aliphatic carbocycles. The molecule has 0 bridgehead atoms. The van der Waals surface area contributed by atoms with Crippen molar-refractivity contribution in [1.29, 1.82) is 0 Å². The minimum Gasteiger partial charge on any atom is -0.744 e. The maximum atomic E-state index is 10.4. The molecule has 0 aliphatic heterocycles. The maximum Gasteiger partial charge on any atom is 0.124 e. The molecule has 0 saturated carbocycles. The van der Waals surface area contributed by atoms with Crippen molar-refractivity contribution in [1.82, 2.24) is 4.84 Å². The molecule has 0 atom stereocenters. The predicted molar refractivity (Wildman–Crippen MR) is 124 cm³/mol. The molecule has 0 aromatic heterocycles. The summed E-state index contributed by atoms with van der Waals surface area (Å²) in [5.41, 5.74) is 0.926. The third-order valence-corrected chi connectivity index (χ3v) is 6.25. The highest BCUT2D eigenvalue weighted by Gasteiger charge is 2.22. The smallest absolute Gasteiger partial charge is 0.124 e. The highest BCUT2D eigenvalue weighted by Crippen LogP contribution is 2.12. The number of hydrogen-bond donors (Lipinski definition) is 1. The van der Waals surface area contributed by atoms with Crippen LogP contribution in [0.15, 0.2) is 29.2 Å². The number of nitrogens with zero attached hydrogens (tertiary/aromatic N) is 1. The van der Waals surface area contributed by atoms with Gasteiger partial charge in [0.2, 0.25) is 0 Å². The number of rotatable bonds is 13. The van der Waals surface area contributed by atoms with Gasteiger partial charge in [-0.3, -0.25) is 0 Å². The first-order chi connectivity index (χ1) is 13.8. The molecule has 0 unspecified atom stereocenters. The number of likely N-dealkylation sites (N-methyl/N-ethyl adjacent to an activating group) is 1. The second kappa shape index (κ2) is 14.4. The summed E-state index contributed by atoms with van der Waals surface area (Å²) in [6.07, 6.45) is 6.16. The number of hydrogen-bond acceptors (Lipinski definition) is 5. The molecule has 1 N–H and O–H groups in total. The molecule has 6 nitrogen and oxygen atoms in total. The van der Waals surface area contributed by atoms with Crippen molar-refractivity contribution >= 4 is 21.9 Å². The Morgan fingerprint density at radius 1 is 1.07 bits per heavy atom. The molecule has 0 spiro atoms. The van der Waals surface area contributed by atoms with Crippen molar-refractivity contribution in [2.75, 3.05) is 40.4 Å². The maximum absolute atomic E-state index is 10.4. The molecule has 1 aromatic carbocycles. The second-order valence-electron chi connectivity index (χ2n) is 9.05. The molecule has 0 aliphatic rings. The zero-order valence-corrected chi connectivity index (χ0v) is 21.1. The summed E-state index contributed by atoms with van der Waals surface area (Å²) in [6.45, 7) is 12.2. The van der Waals surface area contributed by atoms with Crippen molar-refractivity contribution in [3.8, 4) is 0 Å². The molecule has 0 saturated heterocycles. The molecule has 176 valence electrons. The quantitative estimate of drug-likeness (QED) is 0.201. The lowest BCUT2D eigenvalue weighted by molar-refractivity contribution is -0.891. The Hall–Kier alpha value is -0.700. The van der Waals surface area contributed by atoms with Gasteiger partial charge >= 0.3 is 0 Å². The normalized spacial score (nSPS) is 12.4. The van der Waals surface area contributed by atoms with Gasteiger partial charge in [0.15, 0.2) is 0 Å². The van der Waals surface area contributed by atoms with Crippen molar-refractivity contribution in [2.45, 2.75) is 70.2 Å². The second-order valence-corrected chi connectivity index (χ2v) is 10.6. The summed E-state index contributed by atoms with van der Waals surface area (Å²) in [6, 6.07) is 5.78. The number of aryl methyl sites for hydroxylation is 1. The van der Waals surface area contributed by atoms with E-state index in [0.29, 0.717) is 0 Å². The van der Waals surface area contributed by atoms with Crippen LogP contribution in [0, 0.1) is 6.92 Å². The average molecular weight is 465 g/mol. The number of nitrogens with one attached hydrogen (secondary N) is 1. The Labute approximate surface area is 189 Å². The lowest BCUT2D eigenvalue weighted by atomic mass is 10.0. The molecule has 1 aromatic rings. The summed E-state index contributed by atoms with van der Waals surface area (Å²) in [7, 11) is 0.240. The van der Waals surface area contributed by atoms with E-state index >= 15 is 0 Å². The van der Waals surface area contributed by atoms with Crippen molar-refractivity contribution in [3.63, 3.8) is 0 Å². The van der Waals surface area contributed by atoms with E-state index in [9.17, 15) is 13.0 Å². The molecule has 0 radical (unpaired) electrons. The average Bonchev–Trinajstić information content (AvgIpc) is 2.66. The zero-order valence-electron chi connectivity index (χ0n) is 19.5. The minimum absolute atomic E-state index is 0.00190. The fraction of sp³-hybridized carbons (Fsp3) is 0.727. The SMILES string of the molecule is CCCCCCOCC[N+](C)(C)CCC(C)(C)NCl.Cc1ccc(S(=O)(=O)[O-])cc1. The summed E-state index contributed by atoms with van der Waals surface area (Å²) < 4.78 is 37.9. The van der Waals surface area contributed by atoms with Crippen molar-refractivity contribution < 1.29 is 22.2 Å². The first-order valence-electron chi connectivity index (χ1n) is 10.6. The molecule has 1 rings (SSSR count). The first kappa shape index (κ1) is 29.3. The Bertz CT molecular complexity index is 677. The Balaban J connectivity index is 0.000000642. The van der Waals surface area contributed by atoms with Crippen LogP contribution in [0.2, 0.25) is 0 Å². The van der Waals surface area contributed by atoms with Gasteiger partial charge in [-0.15, -0.1) is 0 Å².